The van der Waals surface area contributed by atoms with E-state index in [0.29, 0.717) is 0 Å². The highest BCUT2D eigenvalue weighted by atomic mass is 16.6. The Morgan fingerprint density at radius 2 is 1.06 bits per heavy atom. The number of hydrogen-bond donors (Lipinski definition) is 4. The maximum absolute atomic E-state index is 12.1. The van der Waals surface area contributed by atoms with Crippen molar-refractivity contribution >= 4 is 35.8 Å². The van der Waals surface area contributed by atoms with Crippen LogP contribution in [-0.4, -0.2) is 79.2 Å². The predicted octanol–water partition coefficient (Wildman–Crippen LogP) is -0.868. The fourth-order valence-electron chi connectivity index (χ4n) is 1.98. The van der Waals surface area contributed by atoms with Crippen molar-refractivity contribution < 1.29 is 43.0 Å². The van der Waals surface area contributed by atoms with Crippen LogP contribution in [0.15, 0.2) is 0 Å². The summed E-state index contributed by atoms with van der Waals surface area (Å²) in [7, 11) is 0. The average molecular weight is 475 g/mol. The number of rotatable bonds is 11. The van der Waals surface area contributed by atoms with Gasteiger partial charge in [0.05, 0.1) is 25.3 Å². The Balaban J connectivity index is 4.51. The number of amides is 4. The zero-order valence-corrected chi connectivity index (χ0v) is 20.0. The van der Waals surface area contributed by atoms with Gasteiger partial charge in [-0.3, -0.25) is 14.4 Å². The Morgan fingerprint density at radius 3 is 1.45 bits per heavy atom. The van der Waals surface area contributed by atoms with Crippen molar-refractivity contribution in [2.45, 2.75) is 72.3 Å². The molecule has 0 aromatic carbocycles. The molecule has 13 nitrogen and oxygen atoms in total. The van der Waals surface area contributed by atoms with Gasteiger partial charge in [-0.15, -0.1) is 0 Å². The van der Waals surface area contributed by atoms with E-state index in [0.717, 1.165) is 0 Å². The smallest absolute Gasteiger partial charge is 0.408 e. The standard InChI is InChI=1S/C20H34N4O9/c1-11(2)31-17(28)16(18(29)32-12(3)4)24-15(27)10-22-13(25)8-21-14(26)9-23-19(30)33-20(5,6)7/h11-12,16H,8-10H2,1-7H3,(H,21,26)(H,22,25)(H,23,30)(H,24,27). The SMILES string of the molecule is CC(C)OC(=O)C(NC(=O)CNC(=O)CNC(=O)CNC(=O)OC(C)(C)C)C(=O)OC(C)C. The molecule has 0 saturated carbocycles. The highest BCUT2D eigenvalue weighted by Gasteiger charge is 2.32. The Kier molecular flexibility index (Phi) is 12.5. The summed E-state index contributed by atoms with van der Waals surface area (Å²) in [5, 5.41) is 8.83. The third-order valence-corrected chi connectivity index (χ3v) is 3.16. The molecular formula is C20H34N4O9. The first-order chi connectivity index (χ1) is 15.1. The highest BCUT2D eigenvalue weighted by molar-refractivity contribution is 6.03. The molecule has 0 spiro atoms. The molecule has 4 amide bonds. The van der Waals surface area contributed by atoms with Crippen molar-refractivity contribution in [3.05, 3.63) is 0 Å². The molecule has 0 rings (SSSR count). The van der Waals surface area contributed by atoms with Crippen LogP contribution in [0.3, 0.4) is 0 Å². The quantitative estimate of drug-likeness (QED) is 0.168. The second kappa shape index (κ2) is 13.9. The number of nitrogens with one attached hydrogen (secondary N) is 4. The summed E-state index contributed by atoms with van der Waals surface area (Å²) in [4.78, 5) is 71.3. The van der Waals surface area contributed by atoms with Gasteiger partial charge >= 0.3 is 18.0 Å². The Labute approximate surface area is 192 Å². The van der Waals surface area contributed by atoms with Gasteiger partial charge in [0.2, 0.25) is 23.8 Å². The Bertz CT molecular complexity index is 708. The van der Waals surface area contributed by atoms with Gasteiger partial charge < -0.3 is 35.5 Å². The monoisotopic (exact) mass is 474 g/mol. The zero-order valence-electron chi connectivity index (χ0n) is 20.0. The van der Waals surface area contributed by atoms with Gasteiger partial charge in [0, 0.05) is 0 Å². The zero-order chi connectivity index (χ0) is 25.8. The minimum absolute atomic E-state index is 0.416. The van der Waals surface area contributed by atoms with E-state index in [4.69, 9.17) is 14.2 Å². The molecule has 0 bridgehead atoms. The van der Waals surface area contributed by atoms with E-state index in [1.54, 1.807) is 48.5 Å². The lowest BCUT2D eigenvalue weighted by Gasteiger charge is -2.19. The lowest BCUT2D eigenvalue weighted by atomic mass is 10.2. The van der Waals surface area contributed by atoms with Crippen molar-refractivity contribution in [3.63, 3.8) is 0 Å². The molecule has 0 aliphatic carbocycles. The Hall–Kier alpha value is -3.38. The maximum atomic E-state index is 12.1. The van der Waals surface area contributed by atoms with Crippen LogP contribution in [0.25, 0.3) is 0 Å². The van der Waals surface area contributed by atoms with Gasteiger partial charge in [0.1, 0.15) is 12.1 Å². The second-order valence-corrected chi connectivity index (χ2v) is 8.38. The van der Waals surface area contributed by atoms with Gasteiger partial charge in [-0.25, -0.2) is 14.4 Å². The summed E-state index contributed by atoms with van der Waals surface area (Å²) < 4.78 is 14.9. The Morgan fingerprint density at radius 1 is 0.667 bits per heavy atom. The van der Waals surface area contributed by atoms with Gasteiger partial charge in [-0.05, 0) is 48.5 Å². The predicted molar refractivity (Wildman–Crippen MR) is 115 cm³/mol. The summed E-state index contributed by atoms with van der Waals surface area (Å²) in [6.07, 6.45) is -1.85. The number of alkyl carbamates (subject to hydrolysis) is 1. The number of carbonyl (C=O) groups excluding carboxylic acids is 6. The normalized spacial score (nSPS) is 11.0. The minimum Gasteiger partial charge on any atom is -0.461 e. The van der Waals surface area contributed by atoms with Crippen LogP contribution in [0.5, 0.6) is 0 Å². The minimum atomic E-state index is -1.70. The fraction of sp³-hybridized carbons (Fsp3) is 0.700. The van der Waals surface area contributed by atoms with Crippen molar-refractivity contribution in [1.29, 1.82) is 0 Å². The van der Waals surface area contributed by atoms with E-state index >= 15 is 0 Å². The first-order valence-corrected chi connectivity index (χ1v) is 10.3. The number of hydrogen-bond acceptors (Lipinski definition) is 9. The van der Waals surface area contributed by atoms with E-state index in [2.05, 4.69) is 21.3 Å². The molecule has 4 N–H and O–H groups in total. The molecule has 0 radical (unpaired) electrons. The molecule has 13 heteroatoms. The lowest BCUT2D eigenvalue weighted by Crippen LogP contribution is -2.52. The molecule has 0 atom stereocenters. The molecular weight excluding hydrogens is 440 g/mol. The van der Waals surface area contributed by atoms with Crippen LogP contribution < -0.4 is 21.3 Å². The van der Waals surface area contributed by atoms with Gasteiger partial charge in [-0.2, -0.15) is 0 Å². The average Bonchev–Trinajstić information content (AvgIpc) is 2.64. The van der Waals surface area contributed by atoms with E-state index in [9.17, 15) is 28.8 Å². The molecule has 0 aromatic rings. The maximum Gasteiger partial charge on any atom is 0.408 e. The first kappa shape index (κ1) is 29.6. The molecule has 0 fully saturated rings. The van der Waals surface area contributed by atoms with Crippen LogP contribution >= 0.6 is 0 Å². The first-order valence-electron chi connectivity index (χ1n) is 10.3. The summed E-state index contributed by atoms with van der Waals surface area (Å²) in [5.74, 6) is -4.23. The van der Waals surface area contributed by atoms with E-state index in [1.807, 2.05) is 0 Å². The van der Waals surface area contributed by atoms with Crippen molar-refractivity contribution in [2.75, 3.05) is 19.6 Å². The van der Waals surface area contributed by atoms with E-state index in [-0.39, 0.29) is 0 Å². The third kappa shape index (κ3) is 15.1. The summed E-state index contributed by atoms with van der Waals surface area (Å²) in [5.41, 5.74) is -0.725. The van der Waals surface area contributed by atoms with Crippen LogP contribution in [0.1, 0.15) is 48.5 Å². The number of esters is 2. The summed E-state index contributed by atoms with van der Waals surface area (Å²) in [6, 6.07) is -1.70. The van der Waals surface area contributed by atoms with Crippen molar-refractivity contribution in [2.24, 2.45) is 0 Å². The summed E-state index contributed by atoms with van der Waals surface area (Å²) in [6.45, 7) is 9.80. The number of carbonyl (C=O) groups is 6. The molecule has 0 aliphatic heterocycles. The number of ether oxygens (including phenoxy) is 3. The molecule has 0 unspecified atom stereocenters. The van der Waals surface area contributed by atoms with Gasteiger partial charge in [0.25, 0.3) is 0 Å². The lowest BCUT2D eigenvalue weighted by molar-refractivity contribution is -0.164. The van der Waals surface area contributed by atoms with Crippen LogP contribution in [0, 0.1) is 0 Å². The third-order valence-electron chi connectivity index (χ3n) is 3.16. The van der Waals surface area contributed by atoms with Crippen molar-refractivity contribution in [3.8, 4) is 0 Å². The highest BCUT2D eigenvalue weighted by Crippen LogP contribution is 2.06. The molecule has 0 heterocycles. The topological polar surface area (TPSA) is 178 Å². The van der Waals surface area contributed by atoms with Crippen molar-refractivity contribution in [1.82, 2.24) is 21.3 Å². The molecule has 0 saturated heterocycles. The van der Waals surface area contributed by atoms with Gasteiger partial charge in [0.15, 0.2) is 0 Å². The largest absolute Gasteiger partial charge is 0.461 e. The van der Waals surface area contributed by atoms with Crippen LogP contribution in [0.4, 0.5) is 4.79 Å². The van der Waals surface area contributed by atoms with Crippen LogP contribution in [-0.2, 0) is 38.2 Å². The van der Waals surface area contributed by atoms with E-state index in [1.165, 1.54) is 0 Å². The van der Waals surface area contributed by atoms with Crippen LogP contribution in [0.2, 0.25) is 0 Å². The van der Waals surface area contributed by atoms with E-state index < -0.39 is 79.2 Å². The molecule has 188 valence electrons. The fourth-order valence-corrected chi connectivity index (χ4v) is 1.98. The molecule has 0 aromatic heterocycles. The van der Waals surface area contributed by atoms with Gasteiger partial charge in [-0.1, -0.05) is 0 Å². The molecule has 0 aliphatic rings. The summed E-state index contributed by atoms with van der Waals surface area (Å²) >= 11 is 0. The molecule has 33 heavy (non-hydrogen) atoms. The second-order valence-electron chi connectivity index (χ2n) is 8.38.